The van der Waals surface area contributed by atoms with Crippen LogP contribution in [0, 0.1) is 5.41 Å². The molecule has 3 aromatic rings. The van der Waals surface area contributed by atoms with Gasteiger partial charge >= 0.3 is 0 Å². The van der Waals surface area contributed by atoms with Gasteiger partial charge in [0.2, 0.25) is 0 Å². The maximum Gasteiger partial charge on any atom is 0.289 e. The summed E-state index contributed by atoms with van der Waals surface area (Å²) in [5.74, 6) is 0.903. The SMILES string of the molecule is CN(CC(C)(C)CN)C(=O)c1oc2ccccc2c1COc1ccccc1.Cl. The Morgan fingerprint density at radius 2 is 1.75 bits per heavy atom. The van der Waals surface area contributed by atoms with E-state index in [1.165, 1.54) is 0 Å². The zero-order chi connectivity index (χ0) is 19.4. The number of hydrogen-bond donors (Lipinski definition) is 1. The van der Waals surface area contributed by atoms with E-state index in [1.807, 2.05) is 68.4 Å². The van der Waals surface area contributed by atoms with Crippen LogP contribution in [0.25, 0.3) is 11.0 Å². The van der Waals surface area contributed by atoms with Crippen LogP contribution in [0.1, 0.15) is 30.0 Å². The second-order valence-corrected chi connectivity index (χ2v) is 7.54. The van der Waals surface area contributed by atoms with Crippen molar-refractivity contribution in [3.05, 3.63) is 65.9 Å². The lowest BCUT2D eigenvalue weighted by atomic mass is 9.93. The normalized spacial score (nSPS) is 11.1. The van der Waals surface area contributed by atoms with Crippen LogP contribution in [0.4, 0.5) is 0 Å². The fourth-order valence-electron chi connectivity index (χ4n) is 3.04. The number of hydrogen-bond acceptors (Lipinski definition) is 4. The molecule has 1 heterocycles. The van der Waals surface area contributed by atoms with Crippen molar-refractivity contribution in [3.63, 3.8) is 0 Å². The number of benzene rings is 2. The molecule has 0 saturated heterocycles. The second-order valence-electron chi connectivity index (χ2n) is 7.54. The monoisotopic (exact) mass is 402 g/mol. The lowest BCUT2D eigenvalue weighted by Gasteiger charge is -2.28. The number of amides is 1. The number of halogens is 1. The fraction of sp³-hybridized carbons (Fsp3) is 0.318. The van der Waals surface area contributed by atoms with Crippen molar-refractivity contribution in [1.82, 2.24) is 4.90 Å². The quantitative estimate of drug-likeness (QED) is 0.632. The molecule has 0 unspecified atom stereocenters. The van der Waals surface area contributed by atoms with E-state index in [0.29, 0.717) is 24.4 Å². The van der Waals surface area contributed by atoms with E-state index < -0.39 is 0 Å². The minimum absolute atomic E-state index is 0. The van der Waals surface area contributed by atoms with Gasteiger partial charge in [0.25, 0.3) is 5.91 Å². The number of nitrogens with two attached hydrogens (primary N) is 1. The Labute approximate surface area is 171 Å². The van der Waals surface area contributed by atoms with Crippen LogP contribution in [0.3, 0.4) is 0 Å². The molecule has 1 amide bonds. The molecule has 0 saturated carbocycles. The number of para-hydroxylation sites is 2. The molecule has 28 heavy (non-hydrogen) atoms. The van der Waals surface area contributed by atoms with Crippen LogP contribution in [-0.2, 0) is 6.61 Å². The topological polar surface area (TPSA) is 68.7 Å². The zero-order valence-corrected chi connectivity index (χ0v) is 17.3. The molecule has 1 aromatic heterocycles. The predicted molar refractivity (Wildman–Crippen MR) is 114 cm³/mol. The van der Waals surface area contributed by atoms with Gasteiger partial charge in [0.05, 0.1) is 0 Å². The molecule has 2 aromatic carbocycles. The molecule has 0 radical (unpaired) electrons. The van der Waals surface area contributed by atoms with Gasteiger partial charge in [0.15, 0.2) is 5.76 Å². The van der Waals surface area contributed by atoms with Crippen LogP contribution in [-0.4, -0.2) is 30.9 Å². The van der Waals surface area contributed by atoms with E-state index in [4.69, 9.17) is 14.9 Å². The van der Waals surface area contributed by atoms with Crippen molar-refractivity contribution in [2.75, 3.05) is 20.1 Å². The van der Waals surface area contributed by atoms with Gasteiger partial charge in [-0.1, -0.05) is 50.2 Å². The highest BCUT2D eigenvalue weighted by Gasteiger charge is 2.27. The first-order valence-corrected chi connectivity index (χ1v) is 9.05. The molecule has 0 aliphatic heterocycles. The molecule has 0 spiro atoms. The van der Waals surface area contributed by atoms with E-state index >= 15 is 0 Å². The van der Waals surface area contributed by atoms with E-state index in [9.17, 15) is 4.79 Å². The van der Waals surface area contributed by atoms with Gasteiger partial charge < -0.3 is 19.8 Å². The van der Waals surface area contributed by atoms with Crippen LogP contribution >= 0.6 is 12.4 Å². The van der Waals surface area contributed by atoms with Crippen LogP contribution in [0.15, 0.2) is 59.0 Å². The number of nitrogens with zero attached hydrogens (tertiary/aromatic N) is 1. The summed E-state index contributed by atoms with van der Waals surface area (Å²) >= 11 is 0. The van der Waals surface area contributed by atoms with Gasteiger partial charge in [-0.2, -0.15) is 0 Å². The molecule has 150 valence electrons. The zero-order valence-electron chi connectivity index (χ0n) is 16.5. The third kappa shape index (κ3) is 4.86. The average Bonchev–Trinajstić information content (AvgIpc) is 3.04. The van der Waals surface area contributed by atoms with Crippen molar-refractivity contribution in [2.24, 2.45) is 11.1 Å². The van der Waals surface area contributed by atoms with Gasteiger partial charge in [-0.15, -0.1) is 12.4 Å². The third-order valence-corrected chi connectivity index (χ3v) is 4.58. The molecule has 2 N–H and O–H groups in total. The van der Waals surface area contributed by atoms with Crippen molar-refractivity contribution < 1.29 is 13.9 Å². The third-order valence-electron chi connectivity index (χ3n) is 4.58. The summed E-state index contributed by atoms with van der Waals surface area (Å²) < 4.78 is 11.8. The molecule has 5 nitrogen and oxygen atoms in total. The summed E-state index contributed by atoms with van der Waals surface area (Å²) in [6.45, 7) is 5.37. The molecule has 6 heteroatoms. The van der Waals surface area contributed by atoms with Gasteiger partial charge in [-0.25, -0.2) is 0 Å². The summed E-state index contributed by atoms with van der Waals surface area (Å²) in [7, 11) is 1.77. The van der Waals surface area contributed by atoms with E-state index in [1.54, 1.807) is 11.9 Å². The summed E-state index contributed by atoms with van der Waals surface area (Å²) in [6, 6.07) is 17.2. The fourth-order valence-corrected chi connectivity index (χ4v) is 3.04. The number of furan rings is 1. The van der Waals surface area contributed by atoms with Crippen molar-refractivity contribution in [1.29, 1.82) is 0 Å². The molecular weight excluding hydrogens is 376 g/mol. The van der Waals surface area contributed by atoms with Gasteiger partial charge in [0, 0.05) is 24.5 Å². The van der Waals surface area contributed by atoms with Crippen molar-refractivity contribution in [3.8, 4) is 5.75 Å². The standard InChI is InChI=1S/C22H26N2O3.ClH/c1-22(2,14-23)15-24(3)21(25)20-18(13-26-16-9-5-4-6-10-16)17-11-7-8-12-19(17)27-20;/h4-12H,13-15,23H2,1-3H3;1H. The highest BCUT2D eigenvalue weighted by Crippen LogP contribution is 2.29. The summed E-state index contributed by atoms with van der Waals surface area (Å²) in [5.41, 5.74) is 7.09. The van der Waals surface area contributed by atoms with Crippen LogP contribution in [0.5, 0.6) is 5.75 Å². The maximum atomic E-state index is 13.1. The predicted octanol–water partition coefficient (Wildman–Crippen LogP) is 4.49. The molecule has 3 rings (SSSR count). The summed E-state index contributed by atoms with van der Waals surface area (Å²) in [4.78, 5) is 14.7. The number of carbonyl (C=O) groups excluding carboxylic acids is 1. The Bertz CT molecular complexity index is 922. The molecule has 0 atom stereocenters. The number of carbonyl (C=O) groups is 1. The maximum absolute atomic E-state index is 13.1. The first kappa shape index (κ1) is 21.8. The smallest absolute Gasteiger partial charge is 0.289 e. The van der Waals surface area contributed by atoms with Gasteiger partial charge in [-0.05, 0) is 30.2 Å². The molecule has 0 aliphatic carbocycles. The Hall–Kier alpha value is -2.50. The Balaban J connectivity index is 0.00000280. The van der Waals surface area contributed by atoms with Gasteiger partial charge in [-0.3, -0.25) is 4.79 Å². The largest absolute Gasteiger partial charge is 0.489 e. The summed E-state index contributed by atoms with van der Waals surface area (Å²) in [5, 5.41) is 0.892. The van der Waals surface area contributed by atoms with E-state index in [2.05, 4.69) is 0 Å². The number of ether oxygens (including phenoxy) is 1. The highest BCUT2D eigenvalue weighted by atomic mass is 35.5. The van der Waals surface area contributed by atoms with E-state index in [-0.39, 0.29) is 30.3 Å². The second kappa shape index (κ2) is 9.13. The molecule has 0 aliphatic rings. The Morgan fingerprint density at radius 3 is 2.43 bits per heavy atom. The number of rotatable bonds is 7. The van der Waals surface area contributed by atoms with E-state index in [0.717, 1.165) is 16.7 Å². The van der Waals surface area contributed by atoms with Crippen LogP contribution in [0.2, 0.25) is 0 Å². The molecule has 0 fully saturated rings. The Kier molecular flexibility index (Phi) is 7.11. The highest BCUT2D eigenvalue weighted by molar-refractivity contribution is 5.99. The minimum atomic E-state index is -0.170. The van der Waals surface area contributed by atoms with Crippen molar-refractivity contribution in [2.45, 2.75) is 20.5 Å². The molecular formula is C22H27ClN2O3. The lowest BCUT2D eigenvalue weighted by Crippen LogP contribution is -2.39. The number of fused-ring (bicyclic) bond motifs is 1. The van der Waals surface area contributed by atoms with Gasteiger partial charge in [0.1, 0.15) is 17.9 Å². The summed E-state index contributed by atoms with van der Waals surface area (Å²) in [6.07, 6.45) is 0. The molecule has 0 bridgehead atoms. The van der Waals surface area contributed by atoms with Crippen molar-refractivity contribution >= 4 is 29.3 Å². The average molecular weight is 403 g/mol. The first-order valence-electron chi connectivity index (χ1n) is 9.05. The van der Waals surface area contributed by atoms with Crippen LogP contribution < -0.4 is 10.5 Å². The Morgan fingerprint density at radius 1 is 1.11 bits per heavy atom. The lowest BCUT2D eigenvalue weighted by molar-refractivity contribution is 0.0707. The minimum Gasteiger partial charge on any atom is -0.489 e. The first-order chi connectivity index (χ1) is 12.9.